The van der Waals surface area contributed by atoms with Crippen LogP contribution in [0.5, 0.6) is 0 Å². The second-order valence-corrected chi connectivity index (χ2v) is 8.75. The van der Waals surface area contributed by atoms with Gasteiger partial charge >= 0.3 is 5.97 Å². The van der Waals surface area contributed by atoms with E-state index < -0.39 is 5.97 Å². The molecule has 8 nitrogen and oxygen atoms in total. The Hall–Kier alpha value is -3.42. The van der Waals surface area contributed by atoms with Gasteiger partial charge in [0.2, 0.25) is 5.91 Å². The molecule has 2 atom stereocenters. The second-order valence-electron chi connectivity index (χ2n) is 8.75. The minimum absolute atomic E-state index is 0.0269. The van der Waals surface area contributed by atoms with E-state index >= 15 is 0 Å². The molecule has 2 fully saturated rings. The van der Waals surface area contributed by atoms with Crippen LogP contribution in [0, 0.1) is 11.8 Å². The number of fused-ring (bicyclic) bond motifs is 4. The second kappa shape index (κ2) is 7.37. The van der Waals surface area contributed by atoms with Crippen LogP contribution >= 0.6 is 0 Å². The highest BCUT2D eigenvalue weighted by Crippen LogP contribution is 2.36. The maximum atomic E-state index is 13.0. The zero-order chi connectivity index (χ0) is 21.7. The Bertz CT molecular complexity index is 1150. The number of piperidine rings is 1. The third-order valence-corrected chi connectivity index (χ3v) is 6.45. The Kier molecular flexibility index (Phi) is 4.64. The van der Waals surface area contributed by atoms with Crippen molar-refractivity contribution in [2.45, 2.75) is 31.7 Å². The summed E-state index contributed by atoms with van der Waals surface area (Å²) >= 11 is 0. The average Bonchev–Trinajstić information content (AvgIpc) is 3.61. The minimum Gasteiger partial charge on any atom is -0.478 e. The van der Waals surface area contributed by atoms with Crippen LogP contribution in [0.15, 0.2) is 41.2 Å². The molecule has 2 aliphatic heterocycles. The van der Waals surface area contributed by atoms with Crippen LogP contribution in [0.4, 0.5) is 5.69 Å². The predicted octanol–water partition coefficient (Wildman–Crippen LogP) is 2.15. The molecular formula is C23H23N3O5. The van der Waals surface area contributed by atoms with Gasteiger partial charge in [-0.25, -0.2) is 4.79 Å². The lowest BCUT2D eigenvalue weighted by molar-refractivity contribution is -0.117. The molecule has 1 aliphatic carbocycles. The maximum absolute atomic E-state index is 13.0. The van der Waals surface area contributed by atoms with Crippen molar-refractivity contribution in [3.8, 4) is 0 Å². The Balaban J connectivity index is 1.38. The normalized spacial score (nSPS) is 21.9. The summed E-state index contributed by atoms with van der Waals surface area (Å²) in [5.74, 6) is -1.16. The first-order valence-electron chi connectivity index (χ1n) is 10.6. The summed E-state index contributed by atoms with van der Waals surface area (Å²) in [5.41, 5.74) is 1.45. The summed E-state index contributed by atoms with van der Waals surface area (Å²) in [6, 6.07) is 9.63. The molecular weight excluding hydrogens is 398 g/mol. The first kappa shape index (κ1) is 19.5. The van der Waals surface area contributed by atoms with Gasteiger partial charge in [-0.2, -0.15) is 0 Å². The third-order valence-electron chi connectivity index (χ3n) is 6.45. The van der Waals surface area contributed by atoms with Gasteiger partial charge in [0, 0.05) is 42.7 Å². The van der Waals surface area contributed by atoms with Crippen molar-refractivity contribution in [1.29, 1.82) is 0 Å². The number of anilines is 1. The van der Waals surface area contributed by atoms with E-state index in [-0.39, 0.29) is 40.7 Å². The van der Waals surface area contributed by atoms with E-state index in [9.17, 15) is 24.3 Å². The molecule has 2 N–H and O–H groups in total. The van der Waals surface area contributed by atoms with Gasteiger partial charge in [-0.3, -0.25) is 14.4 Å². The summed E-state index contributed by atoms with van der Waals surface area (Å²) in [4.78, 5) is 51.1. The fourth-order valence-electron chi connectivity index (χ4n) is 4.75. The number of likely N-dealkylation sites (tertiary alicyclic amines) is 1. The van der Waals surface area contributed by atoms with Crippen molar-refractivity contribution in [3.05, 3.63) is 63.6 Å². The summed E-state index contributed by atoms with van der Waals surface area (Å²) in [5, 5.41) is 12.0. The molecule has 31 heavy (non-hydrogen) atoms. The number of carboxylic acids is 1. The lowest BCUT2D eigenvalue weighted by Crippen LogP contribution is -2.49. The van der Waals surface area contributed by atoms with Crippen molar-refractivity contribution in [2.24, 2.45) is 11.8 Å². The molecule has 3 heterocycles. The van der Waals surface area contributed by atoms with Gasteiger partial charge in [0.05, 0.1) is 5.56 Å². The molecule has 2 aromatic rings. The van der Waals surface area contributed by atoms with E-state index in [0.29, 0.717) is 30.9 Å². The van der Waals surface area contributed by atoms with Crippen LogP contribution in [0.25, 0.3) is 0 Å². The molecule has 2 bridgehead atoms. The van der Waals surface area contributed by atoms with Crippen molar-refractivity contribution in [2.75, 3.05) is 18.4 Å². The van der Waals surface area contributed by atoms with E-state index in [1.54, 1.807) is 27.7 Å². The van der Waals surface area contributed by atoms with Crippen LogP contribution in [0.1, 0.15) is 51.6 Å². The standard InChI is InChI=1S/C23H23N3O5/c27-20(14-4-5-14)24-18-6-7-19-17-8-13(11-26(19)22(18)29)10-25(12-17)21(28)15-2-1-3-16(9-15)23(30)31/h1-3,6-7,9,13-14,17H,4-5,8,10-12H2,(H,24,27)(H,30,31)/t13-,17+/m0/s1. The number of aromatic nitrogens is 1. The fraction of sp³-hybridized carbons (Fsp3) is 0.391. The number of carboxylic acid groups (broad SMARTS) is 1. The number of nitrogens with zero attached hydrogens (tertiary/aromatic N) is 2. The molecule has 2 amide bonds. The number of rotatable bonds is 4. The smallest absolute Gasteiger partial charge is 0.335 e. The number of nitrogens with one attached hydrogen (secondary N) is 1. The number of hydrogen-bond donors (Lipinski definition) is 2. The SMILES string of the molecule is O=C(O)c1cccc(C(=O)N2C[C@@H]3C[C@H](C2)c2ccc(NC(=O)C4CC4)c(=O)n2C3)c1. The number of carbonyl (C=O) groups excluding carboxylic acids is 2. The zero-order valence-corrected chi connectivity index (χ0v) is 16.9. The molecule has 0 radical (unpaired) electrons. The average molecular weight is 421 g/mol. The maximum Gasteiger partial charge on any atom is 0.335 e. The number of benzene rings is 1. The summed E-state index contributed by atoms with van der Waals surface area (Å²) < 4.78 is 1.74. The Morgan fingerprint density at radius 2 is 1.77 bits per heavy atom. The van der Waals surface area contributed by atoms with E-state index in [2.05, 4.69) is 5.32 Å². The Morgan fingerprint density at radius 1 is 1.00 bits per heavy atom. The van der Waals surface area contributed by atoms with Crippen molar-refractivity contribution >= 4 is 23.5 Å². The van der Waals surface area contributed by atoms with E-state index in [1.165, 1.54) is 12.1 Å². The van der Waals surface area contributed by atoms with Crippen molar-refractivity contribution in [3.63, 3.8) is 0 Å². The van der Waals surface area contributed by atoms with Crippen molar-refractivity contribution < 1.29 is 19.5 Å². The minimum atomic E-state index is -1.07. The quantitative estimate of drug-likeness (QED) is 0.786. The lowest BCUT2D eigenvalue weighted by Gasteiger charge is -2.43. The van der Waals surface area contributed by atoms with Gasteiger partial charge in [0.15, 0.2) is 0 Å². The number of hydrogen-bond acceptors (Lipinski definition) is 4. The van der Waals surface area contributed by atoms with E-state index in [4.69, 9.17) is 0 Å². The van der Waals surface area contributed by atoms with E-state index in [0.717, 1.165) is 25.0 Å². The highest BCUT2D eigenvalue weighted by atomic mass is 16.4. The number of amides is 2. The van der Waals surface area contributed by atoms with Gasteiger partial charge in [-0.15, -0.1) is 0 Å². The van der Waals surface area contributed by atoms with Crippen LogP contribution in [0.2, 0.25) is 0 Å². The zero-order valence-electron chi connectivity index (χ0n) is 16.9. The summed E-state index contributed by atoms with van der Waals surface area (Å²) in [6.07, 6.45) is 2.65. The topological polar surface area (TPSA) is 109 Å². The molecule has 3 aliphatic rings. The first-order valence-corrected chi connectivity index (χ1v) is 10.6. The summed E-state index contributed by atoms with van der Waals surface area (Å²) in [7, 11) is 0. The molecule has 0 unspecified atom stereocenters. The van der Waals surface area contributed by atoms with Crippen LogP contribution in [-0.2, 0) is 11.3 Å². The predicted molar refractivity (Wildman–Crippen MR) is 112 cm³/mol. The van der Waals surface area contributed by atoms with Crippen LogP contribution < -0.4 is 10.9 Å². The van der Waals surface area contributed by atoms with Crippen molar-refractivity contribution in [1.82, 2.24) is 9.47 Å². The molecule has 8 heteroatoms. The third kappa shape index (κ3) is 3.62. The first-order chi connectivity index (χ1) is 14.9. The van der Waals surface area contributed by atoms with Gasteiger partial charge in [-0.05, 0) is 55.5 Å². The van der Waals surface area contributed by atoms with E-state index in [1.807, 2.05) is 6.07 Å². The van der Waals surface area contributed by atoms with Gasteiger partial charge in [0.1, 0.15) is 5.69 Å². The molecule has 1 saturated carbocycles. The summed E-state index contributed by atoms with van der Waals surface area (Å²) in [6.45, 7) is 1.48. The lowest BCUT2D eigenvalue weighted by atomic mass is 9.83. The monoisotopic (exact) mass is 421 g/mol. The Morgan fingerprint density at radius 3 is 2.52 bits per heavy atom. The number of carbonyl (C=O) groups is 3. The molecule has 0 spiro atoms. The molecule has 1 aromatic heterocycles. The fourth-order valence-corrected chi connectivity index (χ4v) is 4.75. The molecule has 5 rings (SSSR count). The largest absolute Gasteiger partial charge is 0.478 e. The molecule has 1 aromatic carbocycles. The number of pyridine rings is 1. The van der Waals surface area contributed by atoms with Gasteiger partial charge in [-0.1, -0.05) is 6.07 Å². The van der Waals surface area contributed by atoms with Gasteiger partial charge in [0.25, 0.3) is 11.5 Å². The Labute approximate surface area is 178 Å². The van der Waals surface area contributed by atoms with Gasteiger partial charge < -0.3 is 19.9 Å². The molecule has 160 valence electrons. The van der Waals surface area contributed by atoms with Crippen LogP contribution in [0.3, 0.4) is 0 Å². The van der Waals surface area contributed by atoms with Crippen LogP contribution in [-0.4, -0.2) is 45.4 Å². The molecule has 1 saturated heterocycles. The highest BCUT2D eigenvalue weighted by Gasteiger charge is 2.37. The highest BCUT2D eigenvalue weighted by molar-refractivity contribution is 5.97. The number of aromatic carboxylic acids is 1.